The molecule has 266 valence electrons. The van der Waals surface area contributed by atoms with Crippen LogP contribution in [0, 0.1) is 0 Å². The summed E-state index contributed by atoms with van der Waals surface area (Å²) in [6.45, 7) is 4.19. The quantitative estimate of drug-likeness (QED) is 0.180. The van der Waals surface area contributed by atoms with E-state index in [1.54, 1.807) is 0 Å². The Balaban J connectivity index is 0.000000142. The van der Waals surface area contributed by atoms with E-state index in [2.05, 4.69) is 125 Å². The number of nitrogens with zero attached hydrogens (tertiary/aromatic N) is 6. The summed E-state index contributed by atoms with van der Waals surface area (Å²) < 4.78 is 4.32. The maximum Gasteiger partial charge on any atom is 0.137 e. The van der Waals surface area contributed by atoms with Crippen molar-refractivity contribution in [3.8, 4) is 45.0 Å². The molecule has 8 aromatic rings. The van der Waals surface area contributed by atoms with E-state index in [-0.39, 0.29) is 0 Å². The van der Waals surface area contributed by atoms with Crippen molar-refractivity contribution in [2.24, 2.45) is 0 Å². The number of imidazole rings is 2. The third-order valence-electron chi connectivity index (χ3n) is 10.5. The Kier molecular flexibility index (Phi) is 9.59. The van der Waals surface area contributed by atoms with E-state index in [1.165, 1.54) is 29.5 Å². The molecule has 2 aromatic carbocycles. The first kappa shape index (κ1) is 33.6. The van der Waals surface area contributed by atoms with Gasteiger partial charge in [-0.15, -0.1) is 0 Å². The second-order valence-electron chi connectivity index (χ2n) is 13.9. The molecule has 1 saturated heterocycles. The molecule has 8 heterocycles. The number of aromatic nitrogens is 6. The maximum absolute atomic E-state index is 4.68. The minimum atomic E-state index is 0.641. The van der Waals surface area contributed by atoms with Crippen LogP contribution in [0.5, 0.6) is 0 Å². The maximum atomic E-state index is 4.68. The molecule has 0 amide bonds. The summed E-state index contributed by atoms with van der Waals surface area (Å²) in [6.07, 6.45) is 17.7. The predicted octanol–water partition coefficient (Wildman–Crippen LogP) is 8.97. The number of fused-ring (bicyclic) bond motifs is 2. The Morgan fingerprint density at radius 1 is 0.519 bits per heavy atom. The van der Waals surface area contributed by atoms with Crippen LogP contribution >= 0.6 is 0 Å². The Hall–Kier alpha value is -6.22. The third-order valence-corrected chi connectivity index (χ3v) is 10.5. The fourth-order valence-electron chi connectivity index (χ4n) is 7.61. The molecule has 0 aliphatic carbocycles. The molecule has 0 unspecified atom stereocenters. The molecule has 10 rings (SSSR count). The van der Waals surface area contributed by atoms with Gasteiger partial charge in [-0.1, -0.05) is 66.7 Å². The lowest BCUT2D eigenvalue weighted by Crippen LogP contribution is -2.26. The van der Waals surface area contributed by atoms with Gasteiger partial charge in [0.1, 0.15) is 11.3 Å². The van der Waals surface area contributed by atoms with Crippen LogP contribution in [0.3, 0.4) is 0 Å². The van der Waals surface area contributed by atoms with E-state index in [9.17, 15) is 0 Å². The Bertz CT molecular complexity index is 2550. The average Bonchev–Trinajstić information content (AvgIpc) is 3.90. The van der Waals surface area contributed by atoms with Gasteiger partial charge in [-0.05, 0) is 110 Å². The molecule has 54 heavy (non-hydrogen) atoms. The standard InChI is InChI=1S/C23H22N4.C23H20N4/c2*1-2-4-18(5-3-1)21-14-20(8-12-25-21)22-16-26-23-15-19(9-13-27(22)23)17-6-10-24-11-7-17/h1-5,8-9,12-17,24H,6-7,10-11H2;1-6,8-9,12-16,24H,7,10-11H2. The molecular weight excluding hydrogens is 665 g/mol. The van der Waals surface area contributed by atoms with Crippen LogP contribution in [-0.4, -0.2) is 54.9 Å². The minimum absolute atomic E-state index is 0.641. The third kappa shape index (κ3) is 7.09. The van der Waals surface area contributed by atoms with E-state index in [0.29, 0.717) is 5.92 Å². The highest BCUT2D eigenvalue weighted by molar-refractivity contribution is 5.74. The molecule has 2 aliphatic rings. The van der Waals surface area contributed by atoms with Crippen molar-refractivity contribution in [2.75, 3.05) is 26.2 Å². The second-order valence-corrected chi connectivity index (χ2v) is 13.9. The van der Waals surface area contributed by atoms with Crippen molar-refractivity contribution in [2.45, 2.75) is 25.2 Å². The molecular formula is C46H42N8. The van der Waals surface area contributed by atoms with Crippen LogP contribution in [-0.2, 0) is 0 Å². The summed E-state index contributed by atoms with van der Waals surface area (Å²) in [6, 6.07) is 37.8. The van der Waals surface area contributed by atoms with Gasteiger partial charge in [0.15, 0.2) is 0 Å². The van der Waals surface area contributed by atoms with Crippen molar-refractivity contribution >= 4 is 16.9 Å². The minimum Gasteiger partial charge on any atom is -0.317 e. The SMILES string of the molecule is C1=C(c2ccn3c(-c4ccnc(-c5ccccc5)c4)cnc3c2)CCNC1.c1ccc(-c2cc(-c3cnc4cc(C5CCNCC5)ccn34)ccn2)cc1. The van der Waals surface area contributed by atoms with Gasteiger partial charge in [0.25, 0.3) is 0 Å². The fraction of sp³-hybridized carbons (Fsp3) is 0.174. The van der Waals surface area contributed by atoms with Crippen LogP contribution < -0.4 is 10.6 Å². The van der Waals surface area contributed by atoms with Crippen LogP contribution in [0.15, 0.2) is 152 Å². The number of rotatable bonds is 6. The van der Waals surface area contributed by atoms with Gasteiger partial charge >= 0.3 is 0 Å². The van der Waals surface area contributed by atoms with Crippen LogP contribution in [0.2, 0.25) is 0 Å². The number of piperidine rings is 1. The van der Waals surface area contributed by atoms with Gasteiger partial charge < -0.3 is 10.6 Å². The Labute approximate surface area is 315 Å². The summed E-state index contributed by atoms with van der Waals surface area (Å²) >= 11 is 0. The van der Waals surface area contributed by atoms with Crippen LogP contribution in [0.25, 0.3) is 61.9 Å². The van der Waals surface area contributed by atoms with Crippen molar-refractivity contribution in [1.82, 2.24) is 39.4 Å². The summed E-state index contributed by atoms with van der Waals surface area (Å²) in [5.41, 5.74) is 14.7. The van der Waals surface area contributed by atoms with Crippen LogP contribution in [0.1, 0.15) is 36.3 Å². The zero-order valence-electron chi connectivity index (χ0n) is 30.1. The fourth-order valence-corrected chi connectivity index (χ4v) is 7.61. The van der Waals surface area contributed by atoms with E-state index in [1.807, 2.05) is 67.3 Å². The first-order valence-electron chi connectivity index (χ1n) is 18.9. The highest BCUT2D eigenvalue weighted by Gasteiger charge is 2.17. The number of hydrogen-bond acceptors (Lipinski definition) is 6. The van der Waals surface area contributed by atoms with Crippen molar-refractivity contribution in [3.63, 3.8) is 0 Å². The molecule has 0 atom stereocenters. The summed E-state index contributed by atoms with van der Waals surface area (Å²) in [4.78, 5) is 18.4. The molecule has 1 fully saturated rings. The van der Waals surface area contributed by atoms with Gasteiger partial charge in [0.05, 0.1) is 35.2 Å². The lowest BCUT2D eigenvalue weighted by atomic mass is 9.91. The lowest BCUT2D eigenvalue weighted by Gasteiger charge is -2.23. The predicted molar refractivity (Wildman–Crippen MR) is 218 cm³/mol. The van der Waals surface area contributed by atoms with E-state index < -0.39 is 0 Å². The first-order valence-corrected chi connectivity index (χ1v) is 18.9. The number of hydrogen-bond donors (Lipinski definition) is 2. The molecule has 8 nitrogen and oxygen atoms in total. The van der Waals surface area contributed by atoms with Gasteiger partial charge in [0.2, 0.25) is 0 Å². The Morgan fingerprint density at radius 3 is 1.70 bits per heavy atom. The molecule has 0 bridgehead atoms. The van der Waals surface area contributed by atoms with E-state index >= 15 is 0 Å². The van der Waals surface area contributed by atoms with Gasteiger partial charge in [-0.25, -0.2) is 9.97 Å². The number of pyridine rings is 4. The summed E-state index contributed by atoms with van der Waals surface area (Å²) in [7, 11) is 0. The topological polar surface area (TPSA) is 84.4 Å². The van der Waals surface area contributed by atoms with Crippen molar-refractivity contribution in [3.05, 3.63) is 164 Å². The van der Waals surface area contributed by atoms with Crippen molar-refractivity contribution < 1.29 is 0 Å². The van der Waals surface area contributed by atoms with Crippen LogP contribution in [0.4, 0.5) is 0 Å². The van der Waals surface area contributed by atoms with Gasteiger partial charge in [0, 0.05) is 53.6 Å². The average molecular weight is 707 g/mol. The van der Waals surface area contributed by atoms with E-state index in [0.717, 1.165) is 88.9 Å². The zero-order valence-corrected chi connectivity index (χ0v) is 30.1. The van der Waals surface area contributed by atoms with E-state index in [4.69, 9.17) is 0 Å². The molecule has 2 aliphatic heterocycles. The largest absolute Gasteiger partial charge is 0.317 e. The van der Waals surface area contributed by atoms with Gasteiger partial charge in [-0.2, -0.15) is 0 Å². The Morgan fingerprint density at radius 2 is 1.11 bits per heavy atom. The second kappa shape index (κ2) is 15.4. The summed E-state index contributed by atoms with van der Waals surface area (Å²) in [5, 5.41) is 6.80. The monoisotopic (exact) mass is 706 g/mol. The number of nitrogens with one attached hydrogen (secondary N) is 2. The molecule has 0 spiro atoms. The number of benzene rings is 2. The zero-order chi connectivity index (χ0) is 36.1. The first-order chi connectivity index (χ1) is 26.8. The smallest absolute Gasteiger partial charge is 0.137 e. The molecule has 0 radical (unpaired) electrons. The molecule has 2 N–H and O–H groups in total. The summed E-state index contributed by atoms with van der Waals surface area (Å²) in [5.74, 6) is 0.641. The highest BCUT2D eigenvalue weighted by Crippen LogP contribution is 2.30. The molecule has 8 heteroatoms. The highest BCUT2D eigenvalue weighted by atomic mass is 15.0. The van der Waals surface area contributed by atoms with Crippen molar-refractivity contribution in [1.29, 1.82) is 0 Å². The van der Waals surface area contributed by atoms with Gasteiger partial charge in [-0.3, -0.25) is 18.8 Å². The lowest BCUT2D eigenvalue weighted by molar-refractivity contribution is 0.460. The molecule has 6 aromatic heterocycles. The molecule has 0 saturated carbocycles. The normalized spacial score (nSPS) is 14.8.